The van der Waals surface area contributed by atoms with Gasteiger partial charge in [-0.3, -0.25) is 4.79 Å². The van der Waals surface area contributed by atoms with Gasteiger partial charge in [-0.15, -0.1) is 0 Å². The summed E-state index contributed by atoms with van der Waals surface area (Å²) in [7, 11) is 0. The summed E-state index contributed by atoms with van der Waals surface area (Å²) in [5.74, 6) is -0.333. The van der Waals surface area contributed by atoms with E-state index in [-0.39, 0.29) is 27.0 Å². The van der Waals surface area contributed by atoms with E-state index < -0.39 is 0 Å². The van der Waals surface area contributed by atoms with Crippen LogP contribution in [0.5, 0.6) is 0 Å². The predicted molar refractivity (Wildman–Crippen MR) is 14.9 cm³/mol. The first-order chi connectivity index (χ1) is 1.73. The molecule has 0 aromatic heterocycles. The first-order valence-electron chi connectivity index (χ1n) is 0.993. The molecule has 0 unspecified atom stereocenters. The zero-order chi connectivity index (χ0) is 3.58. The Labute approximate surface area is 45.0 Å². The molecule has 0 bridgehead atoms. The van der Waals surface area contributed by atoms with Crippen molar-refractivity contribution in [2.75, 3.05) is 0 Å². The molecule has 0 fully saturated rings. The molecule has 0 heterocycles. The number of primary amides is 1. The molecule has 0 aliphatic rings. The molecule has 0 aliphatic heterocycles. The third-order valence-corrected chi connectivity index (χ3v) is 0. The zero-order valence-electron chi connectivity index (χ0n) is 2.80. The summed E-state index contributed by atoms with van der Waals surface area (Å²) >= 11 is 0. The van der Waals surface area contributed by atoms with E-state index in [2.05, 4.69) is 5.73 Å². The minimum Gasteiger partial charge on any atom is -0.370 e. The smallest absolute Gasteiger partial charge is 0.214 e. The summed E-state index contributed by atoms with van der Waals surface area (Å²) in [5.41, 5.74) is 4.47. The second-order valence-corrected chi connectivity index (χ2v) is 0.611. The standard InChI is InChI=1S/C2H5NO.Pt/c1-2(3)4;/h1H3,(H2,3,4);. The Hall–Kier alpha value is 0.158. The summed E-state index contributed by atoms with van der Waals surface area (Å²) in [6.07, 6.45) is 0. The van der Waals surface area contributed by atoms with Gasteiger partial charge in [0.2, 0.25) is 5.91 Å². The molecule has 34 valence electrons. The summed E-state index contributed by atoms with van der Waals surface area (Å²) in [6, 6.07) is 0. The van der Waals surface area contributed by atoms with Crippen molar-refractivity contribution in [1.82, 2.24) is 0 Å². The van der Waals surface area contributed by atoms with Crippen molar-refractivity contribution in [1.29, 1.82) is 0 Å². The van der Waals surface area contributed by atoms with Crippen LogP contribution in [0.15, 0.2) is 0 Å². The largest absolute Gasteiger partial charge is 0.370 e. The Morgan fingerprint density at radius 2 is 1.80 bits per heavy atom. The van der Waals surface area contributed by atoms with Gasteiger partial charge in [0.15, 0.2) is 0 Å². The maximum atomic E-state index is 9.22. The summed E-state index contributed by atoms with van der Waals surface area (Å²) in [4.78, 5) is 9.22. The number of hydrogen-bond acceptors (Lipinski definition) is 1. The molecule has 1 amide bonds. The van der Waals surface area contributed by atoms with E-state index in [9.17, 15) is 4.79 Å². The maximum absolute atomic E-state index is 9.22. The SMILES string of the molecule is CC(N)=O.[Pt]. The van der Waals surface area contributed by atoms with Gasteiger partial charge in [-0.1, -0.05) is 0 Å². The van der Waals surface area contributed by atoms with Crippen LogP contribution in [0.25, 0.3) is 0 Å². The molecule has 0 radical (unpaired) electrons. The Kier molecular flexibility index (Phi) is 7.44. The van der Waals surface area contributed by atoms with Gasteiger partial charge in [-0.2, -0.15) is 0 Å². The summed E-state index contributed by atoms with van der Waals surface area (Å²) < 4.78 is 0. The van der Waals surface area contributed by atoms with E-state index >= 15 is 0 Å². The molecule has 0 spiro atoms. The second kappa shape index (κ2) is 4.16. The van der Waals surface area contributed by atoms with E-state index in [4.69, 9.17) is 0 Å². The topological polar surface area (TPSA) is 43.1 Å². The Morgan fingerprint density at radius 3 is 1.80 bits per heavy atom. The van der Waals surface area contributed by atoms with Crippen LogP contribution in [-0.4, -0.2) is 5.91 Å². The Bertz CT molecular complexity index is 32.6. The first kappa shape index (κ1) is 8.94. The molecule has 2 N–H and O–H groups in total. The van der Waals surface area contributed by atoms with Gasteiger partial charge in [-0.05, 0) is 0 Å². The normalized spacial score (nSPS) is 5.00. The molecule has 0 atom stereocenters. The van der Waals surface area contributed by atoms with E-state index in [1.807, 2.05) is 0 Å². The fourth-order valence-electron chi connectivity index (χ4n) is 0. The minimum atomic E-state index is -0.333. The van der Waals surface area contributed by atoms with Crippen LogP contribution in [0.4, 0.5) is 0 Å². The molecule has 0 aromatic rings. The molecule has 0 rings (SSSR count). The van der Waals surface area contributed by atoms with Crippen LogP contribution in [0, 0.1) is 0 Å². The summed E-state index contributed by atoms with van der Waals surface area (Å²) in [6.45, 7) is 1.31. The number of amides is 1. The fraction of sp³-hybridized carbons (Fsp3) is 0.500. The van der Waals surface area contributed by atoms with Crippen molar-refractivity contribution in [3.63, 3.8) is 0 Å². The van der Waals surface area contributed by atoms with Gasteiger partial charge in [0, 0.05) is 28.0 Å². The fourth-order valence-corrected chi connectivity index (χ4v) is 0. The van der Waals surface area contributed by atoms with Crippen molar-refractivity contribution in [3.8, 4) is 0 Å². The third kappa shape index (κ3) is 773. The van der Waals surface area contributed by atoms with Gasteiger partial charge >= 0.3 is 0 Å². The van der Waals surface area contributed by atoms with Crippen molar-refractivity contribution in [3.05, 3.63) is 0 Å². The molecule has 0 saturated heterocycles. The molecule has 3 heteroatoms. The molecule has 0 aromatic carbocycles. The molecule has 0 saturated carbocycles. The van der Waals surface area contributed by atoms with Gasteiger partial charge < -0.3 is 5.73 Å². The van der Waals surface area contributed by atoms with Gasteiger partial charge in [0.05, 0.1) is 0 Å². The molecule has 0 aliphatic carbocycles. The molecule has 5 heavy (non-hydrogen) atoms. The van der Waals surface area contributed by atoms with Crippen LogP contribution in [0.3, 0.4) is 0 Å². The monoisotopic (exact) mass is 254 g/mol. The minimum absolute atomic E-state index is 0. The number of rotatable bonds is 0. The Balaban J connectivity index is 0. The van der Waals surface area contributed by atoms with Gasteiger partial charge in [0.25, 0.3) is 0 Å². The predicted octanol–water partition coefficient (Wildman–Crippen LogP) is -0.511. The van der Waals surface area contributed by atoms with Crippen LogP contribution >= 0.6 is 0 Å². The third-order valence-electron chi connectivity index (χ3n) is 0. The molecule has 2 nitrogen and oxygen atoms in total. The average Bonchev–Trinajstić information content (AvgIpc) is 0.811. The van der Waals surface area contributed by atoms with Crippen molar-refractivity contribution in [2.45, 2.75) is 6.92 Å². The van der Waals surface area contributed by atoms with Gasteiger partial charge in [0.1, 0.15) is 0 Å². The van der Waals surface area contributed by atoms with Crippen molar-refractivity contribution >= 4 is 5.91 Å². The van der Waals surface area contributed by atoms with Crippen LogP contribution < -0.4 is 5.73 Å². The molecular weight excluding hydrogens is 249 g/mol. The first-order valence-corrected chi connectivity index (χ1v) is 0.993. The quantitative estimate of drug-likeness (QED) is 0.621. The second-order valence-electron chi connectivity index (χ2n) is 0.611. The van der Waals surface area contributed by atoms with E-state index in [0.29, 0.717) is 0 Å². The zero-order valence-corrected chi connectivity index (χ0v) is 5.07. The van der Waals surface area contributed by atoms with E-state index in [1.54, 1.807) is 0 Å². The number of carbonyl (C=O) groups excluding carboxylic acids is 1. The van der Waals surface area contributed by atoms with E-state index in [1.165, 1.54) is 6.92 Å². The maximum Gasteiger partial charge on any atom is 0.214 e. The van der Waals surface area contributed by atoms with Crippen LogP contribution in [0.2, 0.25) is 0 Å². The number of hydrogen-bond donors (Lipinski definition) is 1. The van der Waals surface area contributed by atoms with Crippen LogP contribution in [0.1, 0.15) is 6.92 Å². The molecular formula is C2H5NOPt. The van der Waals surface area contributed by atoms with Crippen LogP contribution in [-0.2, 0) is 25.9 Å². The Morgan fingerprint density at radius 1 is 1.80 bits per heavy atom. The number of nitrogens with two attached hydrogens (primary N) is 1. The van der Waals surface area contributed by atoms with Crippen molar-refractivity contribution in [2.24, 2.45) is 5.73 Å². The summed E-state index contributed by atoms with van der Waals surface area (Å²) in [5, 5.41) is 0. The number of carbonyl (C=O) groups is 1. The van der Waals surface area contributed by atoms with Crippen molar-refractivity contribution < 1.29 is 25.9 Å². The average molecular weight is 254 g/mol. The van der Waals surface area contributed by atoms with Gasteiger partial charge in [-0.25, -0.2) is 0 Å². The van der Waals surface area contributed by atoms with E-state index in [0.717, 1.165) is 0 Å².